The number of pyridine rings is 1. The Hall–Kier alpha value is -3.88. The van der Waals surface area contributed by atoms with Gasteiger partial charge in [-0.15, -0.1) is 0 Å². The van der Waals surface area contributed by atoms with Gasteiger partial charge in [0.1, 0.15) is 11.8 Å². The van der Waals surface area contributed by atoms with E-state index in [1.807, 2.05) is 74.6 Å². The maximum absolute atomic E-state index is 12.0. The van der Waals surface area contributed by atoms with E-state index in [0.717, 1.165) is 33.3 Å². The quantitative estimate of drug-likeness (QED) is 0.263. The Morgan fingerprint density at radius 1 is 1.13 bits per heavy atom. The van der Waals surface area contributed by atoms with Crippen molar-refractivity contribution in [1.82, 2.24) is 14.9 Å². The third-order valence-corrected chi connectivity index (χ3v) is 7.40. The molecular formula is C29H28ClN5O2S. The largest absolute Gasteiger partial charge is 0.494 e. The maximum Gasteiger partial charge on any atom is 0.224 e. The molecular weight excluding hydrogens is 518 g/mol. The Kier molecular flexibility index (Phi) is 7.35. The number of benzene rings is 2. The van der Waals surface area contributed by atoms with Gasteiger partial charge in [-0.3, -0.25) is 9.78 Å². The summed E-state index contributed by atoms with van der Waals surface area (Å²) >= 11 is 12.2. The number of nitrogens with zero attached hydrogens (tertiary/aromatic N) is 3. The molecule has 0 bridgehead atoms. The normalized spacial score (nSPS) is 16.8. The highest BCUT2D eigenvalue weighted by Crippen LogP contribution is 2.44. The van der Waals surface area contributed by atoms with Crippen LogP contribution < -0.4 is 20.3 Å². The third-order valence-electron chi connectivity index (χ3n) is 6.66. The number of carbonyl (C=O) groups excluding carboxylic acids is 1. The fourth-order valence-corrected chi connectivity index (χ4v) is 5.22. The molecule has 3 heterocycles. The number of rotatable bonds is 7. The van der Waals surface area contributed by atoms with Crippen molar-refractivity contribution in [2.24, 2.45) is 0 Å². The van der Waals surface area contributed by atoms with E-state index < -0.39 is 0 Å². The summed E-state index contributed by atoms with van der Waals surface area (Å²) in [5.41, 5.74) is 5.34. The third kappa shape index (κ3) is 4.85. The van der Waals surface area contributed by atoms with E-state index in [1.54, 1.807) is 13.3 Å². The Balaban J connectivity index is 1.63. The second-order valence-corrected chi connectivity index (χ2v) is 9.81. The number of anilines is 2. The molecule has 9 heteroatoms. The molecule has 1 aliphatic rings. The van der Waals surface area contributed by atoms with Gasteiger partial charge in [0.25, 0.3) is 0 Å². The molecule has 194 valence electrons. The van der Waals surface area contributed by atoms with Gasteiger partial charge < -0.3 is 24.8 Å². The lowest BCUT2D eigenvalue weighted by Crippen LogP contribution is -2.30. The van der Waals surface area contributed by atoms with Crippen molar-refractivity contribution in [3.63, 3.8) is 0 Å². The van der Waals surface area contributed by atoms with E-state index in [4.69, 9.17) is 28.6 Å². The van der Waals surface area contributed by atoms with E-state index in [2.05, 4.69) is 37.2 Å². The van der Waals surface area contributed by atoms with Crippen LogP contribution in [0.5, 0.6) is 5.75 Å². The number of carbonyl (C=O) groups is 1. The zero-order chi connectivity index (χ0) is 26.8. The summed E-state index contributed by atoms with van der Waals surface area (Å²) in [5.74, 6) is 0.467. The van der Waals surface area contributed by atoms with Gasteiger partial charge in [0.15, 0.2) is 5.11 Å². The molecule has 38 heavy (non-hydrogen) atoms. The van der Waals surface area contributed by atoms with Crippen molar-refractivity contribution < 1.29 is 9.53 Å². The van der Waals surface area contributed by atoms with Crippen LogP contribution >= 0.6 is 23.8 Å². The van der Waals surface area contributed by atoms with Gasteiger partial charge in [0, 0.05) is 47.0 Å². The monoisotopic (exact) mass is 545 g/mol. The highest BCUT2D eigenvalue weighted by atomic mass is 35.5. The Labute approximate surface area is 232 Å². The number of amides is 1. The summed E-state index contributed by atoms with van der Waals surface area (Å²) in [7, 11) is 1.59. The van der Waals surface area contributed by atoms with Crippen LogP contribution in [0.15, 0.2) is 79.1 Å². The van der Waals surface area contributed by atoms with Crippen molar-refractivity contribution >= 4 is 46.2 Å². The first kappa shape index (κ1) is 25.8. The Morgan fingerprint density at radius 2 is 1.95 bits per heavy atom. The molecule has 0 spiro atoms. The number of ether oxygens (including phenoxy) is 1. The minimum atomic E-state index is -0.232. The maximum atomic E-state index is 12.0. The molecule has 1 saturated heterocycles. The van der Waals surface area contributed by atoms with Gasteiger partial charge in [-0.05, 0) is 79.3 Å². The molecule has 7 nitrogen and oxygen atoms in total. The molecule has 1 fully saturated rings. The molecule has 0 radical (unpaired) electrons. The first-order valence-electron chi connectivity index (χ1n) is 12.3. The smallest absolute Gasteiger partial charge is 0.224 e. The lowest BCUT2D eigenvalue weighted by Gasteiger charge is -2.29. The van der Waals surface area contributed by atoms with Crippen LogP contribution in [0.1, 0.15) is 42.4 Å². The summed E-state index contributed by atoms with van der Waals surface area (Å²) in [6.07, 6.45) is 4.20. The minimum absolute atomic E-state index is 0.0846. The zero-order valence-electron chi connectivity index (χ0n) is 21.3. The van der Waals surface area contributed by atoms with Crippen LogP contribution in [-0.2, 0) is 4.79 Å². The minimum Gasteiger partial charge on any atom is -0.494 e. The molecule has 5 rings (SSSR count). The number of hydrogen-bond donors (Lipinski definition) is 2. The van der Waals surface area contributed by atoms with Crippen molar-refractivity contribution in [2.75, 3.05) is 17.3 Å². The second-order valence-electron chi connectivity index (χ2n) is 9.02. The zero-order valence-corrected chi connectivity index (χ0v) is 22.9. The van der Waals surface area contributed by atoms with Crippen molar-refractivity contribution in [1.29, 1.82) is 0 Å². The summed E-state index contributed by atoms with van der Waals surface area (Å²) in [6.45, 7) is 3.81. The molecule has 2 N–H and O–H groups in total. The summed E-state index contributed by atoms with van der Waals surface area (Å²) in [6, 6.07) is 21.2. The molecule has 1 amide bonds. The lowest BCUT2D eigenvalue weighted by atomic mass is 10.0. The fourth-order valence-electron chi connectivity index (χ4n) is 4.75. The summed E-state index contributed by atoms with van der Waals surface area (Å²) in [4.78, 5) is 18.8. The number of methoxy groups -OCH3 is 1. The first-order chi connectivity index (χ1) is 18.4. The molecule has 4 aromatic rings. The molecule has 0 unspecified atom stereocenters. The van der Waals surface area contributed by atoms with Crippen LogP contribution in [0, 0.1) is 6.92 Å². The molecule has 2 atom stereocenters. The van der Waals surface area contributed by atoms with Crippen molar-refractivity contribution in [3.8, 4) is 11.4 Å². The van der Waals surface area contributed by atoms with Gasteiger partial charge in [-0.1, -0.05) is 24.6 Å². The number of halogens is 1. The van der Waals surface area contributed by atoms with Crippen LogP contribution in [0.25, 0.3) is 5.69 Å². The van der Waals surface area contributed by atoms with E-state index in [-0.39, 0.29) is 18.0 Å². The number of aryl methyl sites for hydroxylation is 1. The second kappa shape index (κ2) is 10.8. The molecule has 0 aliphatic carbocycles. The van der Waals surface area contributed by atoms with Crippen LogP contribution in [0.3, 0.4) is 0 Å². The number of nitrogens with one attached hydrogen (secondary N) is 2. The summed E-state index contributed by atoms with van der Waals surface area (Å²) in [5, 5.41) is 7.69. The molecule has 2 aromatic heterocycles. The Morgan fingerprint density at radius 3 is 2.66 bits per heavy atom. The molecule has 2 aromatic carbocycles. The van der Waals surface area contributed by atoms with E-state index in [9.17, 15) is 4.79 Å². The van der Waals surface area contributed by atoms with E-state index in [0.29, 0.717) is 23.0 Å². The average Bonchev–Trinajstić information content (AvgIpc) is 3.55. The van der Waals surface area contributed by atoms with Crippen molar-refractivity contribution in [2.45, 2.75) is 32.4 Å². The van der Waals surface area contributed by atoms with Gasteiger partial charge in [0.05, 0.1) is 24.5 Å². The summed E-state index contributed by atoms with van der Waals surface area (Å²) < 4.78 is 7.80. The highest BCUT2D eigenvalue weighted by Gasteiger charge is 2.42. The highest BCUT2D eigenvalue weighted by molar-refractivity contribution is 7.80. The number of thiocarbonyl (C=S) groups is 1. The lowest BCUT2D eigenvalue weighted by molar-refractivity contribution is -0.115. The van der Waals surface area contributed by atoms with E-state index >= 15 is 0 Å². The number of hydrogen-bond acceptors (Lipinski definition) is 4. The van der Waals surface area contributed by atoms with Gasteiger partial charge in [-0.2, -0.15) is 0 Å². The predicted octanol–water partition coefficient (Wildman–Crippen LogP) is 6.37. The standard InChI is InChI=1S/C29H28ClN5O2S/c1-4-26(36)32-22-13-11-20(17-25(22)37-3)35-28(27(33-29(35)38)23-8-5-6-14-31-23)24-9-7-15-34(24)19-10-12-21(30)18(2)16-19/h5-17,27-28H,4H2,1-3H3,(H,32,36)(H,33,38)/t27-,28+/m0/s1. The molecule has 0 saturated carbocycles. The van der Waals surface area contributed by atoms with Crippen LogP contribution in [-0.4, -0.2) is 27.7 Å². The first-order valence-corrected chi connectivity index (χ1v) is 13.1. The van der Waals surface area contributed by atoms with Gasteiger partial charge in [0.2, 0.25) is 5.91 Å². The van der Waals surface area contributed by atoms with Crippen molar-refractivity contribution in [3.05, 3.63) is 101 Å². The SMILES string of the molecule is CCC(=O)Nc1ccc(N2C(=S)N[C@@H](c3ccccn3)[C@H]2c2cccn2-c2ccc(Cl)c(C)c2)cc1OC. The van der Waals surface area contributed by atoms with Crippen LogP contribution in [0.4, 0.5) is 11.4 Å². The van der Waals surface area contributed by atoms with Gasteiger partial charge in [-0.25, -0.2) is 0 Å². The van der Waals surface area contributed by atoms with Crippen LogP contribution in [0.2, 0.25) is 5.02 Å². The average molecular weight is 546 g/mol. The number of aromatic nitrogens is 2. The van der Waals surface area contributed by atoms with E-state index in [1.165, 1.54) is 0 Å². The molecule has 1 aliphatic heterocycles. The topological polar surface area (TPSA) is 71.4 Å². The fraction of sp³-hybridized carbons (Fsp3) is 0.207. The predicted molar refractivity (Wildman–Crippen MR) is 155 cm³/mol. The Bertz CT molecular complexity index is 1490. The van der Waals surface area contributed by atoms with Gasteiger partial charge >= 0.3 is 0 Å².